The lowest BCUT2D eigenvalue weighted by atomic mass is 9.84. The predicted octanol–water partition coefficient (Wildman–Crippen LogP) is 3.06. The number of carbonyl (C=O) groups is 1. The second-order valence-electron chi connectivity index (χ2n) is 4.43. The molecule has 0 saturated carbocycles. The Balaban J connectivity index is 3.06. The van der Waals surface area contributed by atoms with Crippen molar-refractivity contribution in [3.8, 4) is 6.07 Å². The summed E-state index contributed by atoms with van der Waals surface area (Å²) in [6.07, 6.45) is 3.13. The number of carbonyl (C=O) groups excluding carboxylic acids is 1. The first-order valence-corrected chi connectivity index (χ1v) is 5.86. The molecule has 0 radical (unpaired) electrons. The molecule has 0 heterocycles. The lowest BCUT2D eigenvalue weighted by Gasteiger charge is -2.23. The van der Waals surface area contributed by atoms with E-state index in [2.05, 4.69) is 0 Å². The zero-order valence-electron chi connectivity index (χ0n) is 10.9. The molecule has 0 aliphatic rings. The monoisotopic (exact) mass is 243 g/mol. The number of esters is 1. The molecule has 0 N–H and O–H groups in total. The standard InChI is InChI=1S/C15H17NO2/c1-4-18-14(17)15(2,3)13-9-5-7-12(11-13)8-6-10-16/h5-9,11H,4H2,1-3H3/b8-6+. The maximum atomic E-state index is 11.9. The van der Waals surface area contributed by atoms with Crippen molar-refractivity contribution in [1.29, 1.82) is 5.26 Å². The highest BCUT2D eigenvalue weighted by atomic mass is 16.5. The van der Waals surface area contributed by atoms with E-state index in [4.69, 9.17) is 10.00 Å². The first-order valence-electron chi connectivity index (χ1n) is 5.86. The molecule has 0 bridgehead atoms. The molecule has 3 heteroatoms. The van der Waals surface area contributed by atoms with Crippen LogP contribution in [0.15, 0.2) is 30.3 Å². The van der Waals surface area contributed by atoms with E-state index in [-0.39, 0.29) is 5.97 Å². The summed E-state index contributed by atoms with van der Waals surface area (Å²) in [4.78, 5) is 11.9. The van der Waals surface area contributed by atoms with E-state index in [0.29, 0.717) is 6.61 Å². The maximum absolute atomic E-state index is 11.9. The lowest BCUT2D eigenvalue weighted by molar-refractivity contribution is -0.148. The van der Waals surface area contributed by atoms with Gasteiger partial charge in [0.25, 0.3) is 0 Å². The molecule has 0 unspecified atom stereocenters. The summed E-state index contributed by atoms with van der Waals surface area (Å²) in [5.41, 5.74) is 1.08. The molecular formula is C15H17NO2. The van der Waals surface area contributed by atoms with Crippen molar-refractivity contribution in [2.75, 3.05) is 6.61 Å². The molecule has 0 aromatic heterocycles. The van der Waals surface area contributed by atoms with Crippen LogP contribution in [-0.2, 0) is 14.9 Å². The van der Waals surface area contributed by atoms with Crippen LogP contribution in [0.3, 0.4) is 0 Å². The van der Waals surface area contributed by atoms with Crippen molar-refractivity contribution in [2.24, 2.45) is 0 Å². The number of benzene rings is 1. The van der Waals surface area contributed by atoms with E-state index in [0.717, 1.165) is 11.1 Å². The third-order valence-corrected chi connectivity index (χ3v) is 2.74. The fraction of sp³-hybridized carbons (Fsp3) is 0.333. The minimum atomic E-state index is -0.688. The Hall–Kier alpha value is -2.08. The van der Waals surface area contributed by atoms with E-state index in [1.807, 2.05) is 44.2 Å². The zero-order valence-corrected chi connectivity index (χ0v) is 10.9. The van der Waals surface area contributed by atoms with E-state index in [1.165, 1.54) is 6.08 Å². The fourth-order valence-corrected chi connectivity index (χ4v) is 1.59. The Morgan fingerprint density at radius 3 is 2.83 bits per heavy atom. The quantitative estimate of drug-likeness (QED) is 0.603. The van der Waals surface area contributed by atoms with Gasteiger partial charge in [-0.3, -0.25) is 4.79 Å². The van der Waals surface area contributed by atoms with Gasteiger partial charge < -0.3 is 4.74 Å². The maximum Gasteiger partial charge on any atom is 0.315 e. The zero-order chi connectivity index (χ0) is 13.6. The van der Waals surface area contributed by atoms with Gasteiger partial charge >= 0.3 is 5.97 Å². The van der Waals surface area contributed by atoms with E-state index < -0.39 is 5.41 Å². The minimum Gasteiger partial charge on any atom is -0.465 e. The molecule has 1 aromatic carbocycles. The van der Waals surface area contributed by atoms with Crippen molar-refractivity contribution in [3.63, 3.8) is 0 Å². The molecule has 0 atom stereocenters. The highest BCUT2D eigenvalue weighted by Crippen LogP contribution is 2.25. The second-order valence-corrected chi connectivity index (χ2v) is 4.43. The second kappa shape index (κ2) is 6.02. The van der Waals surface area contributed by atoms with Gasteiger partial charge in [0.05, 0.1) is 18.1 Å². The predicted molar refractivity (Wildman–Crippen MR) is 70.7 cm³/mol. The highest BCUT2D eigenvalue weighted by Gasteiger charge is 2.31. The number of hydrogen-bond acceptors (Lipinski definition) is 3. The normalized spacial score (nSPS) is 11.2. The van der Waals surface area contributed by atoms with Gasteiger partial charge in [-0.25, -0.2) is 0 Å². The molecule has 18 heavy (non-hydrogen) atoms. The van der Waals surface area contributed by atoms with Crippen LogP contribution in [0.2, 0.25) is 0 Å². The van der Waals surface area contributed by atoms with Gasteiger partial charge in [-0.1, -0.05) is 24.3 Å². The number of allylic oxidation sites excluding steroid dienone is 1. The van der Waals surface area contributed by atoms with Crippen molar-refractivity contribution in [3.05, 3.63) is 41.5 Å². The Morgan fingerprint density at radius 2 is 2.22 bits per heavy atom. The van der Waals surface area contributed by atoms with Gasteiger partial charge in [0, 0.05) is 6.08 Å². The number of rotatable bonds is 4. The van der Waals surface area contributed by atoms with Crippen LogP contribution in [0.1, 0.15) is 31.9 Å². The van der Waals surface area contributed by atoms with Crippen molar-refractivity contribution in [1.82, 2.24) is 0 Å². The summed E-state index contributed by atoms with van der Waals surface area (Å²) < 4.78 is 5.07. The van der Waals surface area contributed by atoms with Gasteiger partial charge in [-0.05, 0) is 38.0 Å². The molecule has 0 aliphatic heterocycles. The molecule has 0 spiro atoms. The number of nitriles is 1. The van der Waals surface area contributed by atoms with Gasteiger partial charge in [0.2, 0.25) is 0 Å². The molecular weight excluding hydrogens is 226 g/mol. The van der Waals surface area contributed by atoms with E-state index in [1.54, 1.807) is 13.0 Å². The van der Waals surface area contributed by atoms with E-state index >= 15 is 0 Å². The van der Waals surface area contributed by atoms with Crippen LogP contribution in [0.25, 0.3) is 6.08 Å². The molecule has 0 aliphatic carbocycles. The highest BCUT2D eigenvalue weighted by molar-refractivity contribution is 5.82. The summed E-state index contributed by atoms with van der Waals surface area (Å²) in [7, 11) is 0. The molecule has 94 valence electrons. The summed E-state index contributed by atoms with van der Waals surface area (Å²) in [5, 5.41) is 8.50. The molecule has 0 fully saturated rings. The van der Waals surface area contributed by atoms with Crippen LogP contribution in [0.4, 0.5) is 0 Å². The van der Waals surface area contributed by atoms with Crippen LogP contribution in [0.5, 0.6) is 0 Å². The average molecular weight is 243 g/mol. The van der Waals surface area contributed by atoms with Crippen LogP contribution >= 0.6 is 0 Å². The molecule has 3 nitrogen and oxygen atoms in total. The number of hydrogen-bond donors (Lipinski definition) is 0. The topological polar surface area (TPSA) is 50.1 Å². The Kier molecular flexibility index (Phi) is 4.67. The average Bonchev–Trinajstić information content (AvgIpc) is 2.37. The Labute approximate surface area is 108 Å². The smallest absolute Gasteiger partial charge is 0.315 e. The lowest BCUT2D eigenvalue weighted by Crippen LogP contribution is -2.31. The van der Waals surface area contributed by atoms with Gasteiger partial charge in [0.15, 0.2) is 0 Å². The fourth-order valence-electron chi connectivity index (χ4n) is 1.59. The first-order chi connectivity index (χ1) is 8.52. The summed E-state index contributed by atoms with van der Waals surface area (Å²) in [5.74, 6) is -0.244. The number of ether oxygens (including phenoxy) is 1. The summed E-state index contributed by atoms with van der Waals surface area (Å²) in [6.45, 7) is 5.83. The SMILES string of the molecule is CCOC(=O)C(C)(C)c1cccc(/C=C/C#N)c1. The van der Waals surface area contributed by atoms with Gasteiger partial charge in [0.1, 0.15) is 0 Å². The van der Waals surface area contributed by atoms with Crippen LogP contribution < -0.4 is 0 Å². The van der Waals surface area contributed by atoms with Crippen molar-refractivity contribution >= 4 is 12.0 Å². The summed E-state index contributed by atoms with van der Waals surface area (Å²) in [6, 6.07) is 9.48. The van der Waals surface area contributed by atoms with Gasteiger partial charge in [-0.2, -0.15) is 5.26 Å². The molecule has 0 amide bonds. The van der Waals surface area contributed by atoms with Gasteiger partial charge in [-0.15, -0.1) is 0 Å². The van der Waals surface area contributed by atoms with Crippen molar-refractivity contribution in [2.45, 2.75) is 26.2 Å². The number of nitrogens with zero attached hydrogens (tertiary/aromatic N) is 1. The van der Waals surface area contributed by atoms with Crippen LogP contribution in [-0.4, -0.2) is 12.6 Å². The molecule has 1 aromatic rings. The Morgan fingerprint density at radius 1 is 1.50 bits per heavy atom. The Bertz CT molecular complexity index is 495. The molecule has 0 saturated heterocycles. The van der Waals surface area contributed by atoms with Crippen molar-refractivity contribution < 1.29 is 9.53 Å². The minimum absolute atomic E-state index is 0.244. The van der Waals surface area contributed by atoms with Crippen LogP contribution in [0, 0.1) is 11.3 Å². The first kappa shape index (κ1) is 14.0. The third kappa shape index (κ3) is 3.21. The molecule has 1 rings (SSSR count). The van der Waals surface area contributed by atoms with E-state index in [9.17, 15) is 4.79 Å². The third-order valence-electron chi connectivity index (χ3n) is 2.74. The largest absolute Gasteiger partial charge is 0.465 e. The summed E-state index contributed by atoms with van der Waals surface area (Å²) >= 11 is 0.